The van der Waals surface area contributed by atoms with E-state index in [0.29, 0.717) is 47.6 Å². The molecule has 32 heavy (non-hydrogen) atoms. The first kappa shape index (κ1) is 23.0. The second kappa shape index (κ2) is 9.77. The lowest BCUT2D eigenvalue weighted by Gasteiger charge is -2.33. The molecule has 2 saturated heterocycles. The first-order valence-electron chi connectivity index (χ1n) is 11.2. The Balaban J connectivity index is 1.83. The molecule has 0 aromatic carbocycles. The van der Waals surface area contributed by atoms with Gasteiger partial charge in [0, 0.05) is 31.2 Å². The van der Waals surface area contributed by atoms with Crippen molar-refractivity contribution in [3.05, 3.63) is 31.9 Å². The highest BCUT2D eigenvalue weighted by Gasteiger charge is 2.38. The van der Waals surface area contributed by atoms with Crippen LogP contribution in [0.25, 0.3) is 6.08 Å². The van der Waals surface area contributed by atoms with Crippen LogP contribution in [0.2, 0.25) is 0 Å². The van der Waals surface area contributed by atoms with Gasteiger partial charge in [-0.1, -0.05) is 43.2 Å². The summed E-state index contributed by atoms with van der Waals surface area (Å²) in [5.74, 6) is 0.687. The van der Waals surface area contributed by atoms with Crippen LogP contribution >= 0.6 is 24.0 Å². The van der Waals surface area contributed by atoms with Gasteiger partial charge in [-0.2, -0.15) is 5.26 Å². The first-order chi connectivity index (χ1) is 15.5. The summed E-state index contributed by atoms with van der Waals surface area (Å²) in [6.07, 6.45) is 7.25. The van der Waals surface area contributed by atoms with E-state index in [-0.39, 0.29) is 23.1 Å². The quantitative estimate of drug-likeness (QED) is 0.491. The minimum absolute atomic E-state index is 0.0630. The number of rotatable bonds is 4. The number of aromatic nitrogens is 1. The van der Waals surface area contributed by atoms with Crippen LogP contribution in [0, 0.1) is 18.3 Å². The van der Waals surface area contributed by atoms with E-state index in [2.05, 4.69) is 11.0 Å². The van der Waals surface area contributed by atoms with Crippen molar-refractivity contribution in [1.29, 1.82) is 5.26 Å². The fourth-order valence-corrected chi connectivity index (χ4v) is 6.20. The lowest BCUT2D eigenvalue weighted by molar-refractivity contribution is -0.124. The van der Waals surface area contributed by atoms with E-state index in [9.17, 15) is 14.9 Å². The van der Waals surface area contributed by atoms with Crippen LogP contribution in [0.1, 0.15) is 55.7 Å². The maximum atomic E-state index is 13.4. The topological polar surface area (TPSA) is 78.6 Å². The lowest BCUT2D eigenvalue weighted by Crippen LogP contribution is -2.41. The van der Waals surface area contributed by atoms with E-state index >= 15 is 0 Å². The summed E-state index contributed by atoms with van der Waals surface area (Å²) in [5, 5.41) is 9.69. The molecule has 4 rings (SSSR count). The molecule has 7 nitrogen and oxygen atoms in total. The summed E-state index contributed by atoms with van der Waals surface area (Å²) >= 11 is 6.91. The number of hydrogen-bond donors (Lipinski definition) is 0. The van der Waals surface area contributed by atoms with E-state index in [1.165, 1.54) is 18.2 Å². The molecule has 0 atom stereocenters. The van der Waals surface area contributed by atoms with Crippen molar-refractivity contribution in [2.24, 2.45) is 0 Å². The molecule has 1 aromatic heterocycles. The second-order valence-corrected chi connectivity index (χ2v) is 10.0. The van der Waals surface area contributed by atoms with E-state index in [0.717, 1.165) is 37.1 Å². The van der Waals surface area contributed by atoms with E-state index in [4.69, 9.17) is 17.0 Å². The van der Waals surface area contributed by atoms with Crippen LogP contribution in [0.15, 0.2) is 9.70 Å². The van der Waals surface area contributed by atoms with Crippen LogP contribution in [0.3, 0.4) is 0 Å². The second-order valence-electron chi connectivity index (χ2n) is 8.34. The Hall–Kier alpha value is -2.15. The van der Waals surface area contributed by atoms with Crippen LogP contribution in [0.4, 0.5) is 5.82 Å². The van der Waals surface area contributed by atoms with Crippen molar-refractivity contribution in [3.8, 4) is 6.07 Å². The zero-order chi connectivity index (χ0) is 22.8. The number of thioether (sulfide) groups is 1. The van der Waals surface area contributed by atoms with E-state index in [1.807, 2.05) is 13.0 Å². The largest absolute Gasteiger partial charge is 0.378 e. The molecule has 1 aromatic rings. The third kappa shape index (κ3) is 4.12. The Morgan fingerprint density at radius 2 is 1.91 bits per heavy atom. The number of anilines is 1. The maximum Gasteiger partial charge on any atom is 0.270 e. The van der Waals surface area contributed by atoms with Crippen LogP contribution in [-0.2, 0) is 16.1 Å². The van der Waals surface area contributed by atoms with Gasteiger partial charge in [-0.15, -0.1) is 0 Å². The van der Waals surface area contributed by atoms with Crippen LogP contribution < -0.4 is 10.5 Å². The van der Waals surface area contributed by atoms with Gasteiger partial charge in [-0.25, -0.2) is 0 Å². The molecule has 0 spiro atoms. The summed E-state index contributed by atoms with van der Waals surface area (Å²) in [4.78, 5) is 30.9. The third-order valence-electron chi connectivity index (χ3n) is 6.51. The van der Waals surface area contributed by atoms with Crippen molar-refractivity contribution in [2.45, 2.75) is 58.5 Å². The average molecular weight is 473 g/mol. The van der Waals surface area contributed by atoms with Gasteiger partial charge in [0.2, 0.25) is 0 Å². The standard InChI is InChI=1S/C23H28N4O3S2/c1-3-26-20(25-9-11-30-12-10-25)17(15(2)18(14-24)21(26)28)13-19-22(29)27(23(31)32-19)16-7-5-4-6-8-16/h13,16H,3-12H2,1-2H3/b19-13-. The predicted molar refractivity (Wildman–Crippen MR) is 131 cm³/mol. The Kier molecular flexibility index (Phi) is 7.03. The smallest absolute Gasteiger partial charge is 0.270 e. The summed E-state index contributed by atoms with van der Waals surface area (Å²) in [5.41, 5.74) is 1.18. The number of hydrogen-bond acceptors (Lipinski definition) is 7. The van der Waals surface area contributed by atoms with Crippen LogP contribution in [-0.4, -0.2) is 52.0 Å². The number of nitriles is 1. The van der Waals surface area contributed by atoms with E-state index in [1.54, 1.807) is 16.4 Å². The molecule has 0 bridgehead atoms. The number of morpholine rings is 1. The number of pyridine rings is 1. The Morgan fingerprint density at radius 3 is 2.53 bits per heavy atom. The molecule has 3 fully saturated rings. The molecular weight excluding hydrogens is 444 g/mol. The molecule has 3 heterocycles. The zero-order valence-corrected chi connectivity index (χ0v) is 20.2. The van der Waals surface area contributed by atoms with E-state index < -0.39 is 0 Å². The molecular formula is C23H28N4O3S2. The Bertz CT molecular complexity index is 1060. The average Bonchev–Trinajstić information content (AvgIpc) is 3.09. The molecule has 0 unspecified atom stereocenters. The minimum Gasteiger partial charge on any atom is -0.378 e. The molecule has 2 aliphatic heterocycles. The molecule has 1 aliphatic carbocycles. The molecule has 1 amide bonds. The first-order valence-corrected chi connectivity index (χ1v) is 12.5. The number of thiocarbonyl (C=S) groups is 1. The van der Waals surface area contributed by atoms with Crippen LogP contribution in [0.5, 0.6) is 0 Å². The number of carbonyl (C=O) groups excluding carboxylic acids is 1. The van der Waals surface area contributed by atoms with Gasteiger partial charge >= 0.3 is 0 Å². The Labute approximate surface area is 198 Å². The molecule has 3 aliphatic rings. The molecule has 170 valence electrons. The normalized spacial score (nSPS) is 21.5. The highest BCUT2D eigenvalue weighted by Crippen LogP contribution is 2.39. The highest BCUT2D eigenvalue weighted by molar-refractivity contribution is 8.26. The summed E-state index contributed by atoms with van der Waals surface area (Å²) in [6.45, 7) is 6.56. The van der Waals surface area contributed by atoms with Gasteiger partial charge in [0.25, 0.3) is 11.5 Å². The lowest BCUT2D eigenvalue weighted by atomic mass is 9.94. The van der Waals surface area contributed by atoms with Crippen molar-refractivity contribution in [2.75, 3.05) is 31.2 Å². The molecule has 1 saturated carbocycles. The summed E-state index contributed by atoms with van der Waals surface area (Å²) in [6, 6.07) is 2.25. The predicted octanol–water partition coefficient (Wildman–Crippen LogP) is 3.42. The zero-order valence-electron chi connectivity index (χ0n) is 18.6. The van der Waals surface area contributed by atoms with Gasteiger partial charge in [0.1, 0.15) is 21.8 Å². The Morgan fingerprint density at radius 1 is 1.22 bits per heavy atom. The minimum atomic E-state index is -0.291. The van der Waals surface area contributed by atoms with Gasteiger partial charge in [0.05, 0.1) is 18.1 Å². The molecule has 0 N–H and O–H groups in total. The number of carbonyl (C=O) groups is 1. The molecule has 0 radical (unpaired) electrons. The van der Waals surface area contributed by atoms with Crippen molar-refractivity contribution >= 4 is 46.1 Å². The van der Waals surface area contributed by atoms with Crippen molar-refractivity contribution in [1.82, 2.24) is 9.47 Å². The fourth-order valence-electron chi connectivity index (χ4n) is 4.82. The summed E-state index contributed by atoms with van der Waals surface area (Å²) in [7, 11) is 0. The number of nitrogens with zero attached hydrogens (tertiary/aromatic N) is 4. The van der Waals surface area contributed by atoms with Gasteiger partial charge in [-0.3, -0.25) is 19.1 Å². The third-order valence-corrected chi connectivity index (χ3v) is 7.84. The van der Waals surface area contributed by atoms with Gasteiger partial charge < -0.3 is 9.64 Å². The molecule has 9 heteroatoms. The van der Waals surface area contributed by atoms with Crippen molar-refractivity contribution in [3.63, 3.8) is 0 Å². The maximum absolute atomic E-state index is 13.4. The van der Waals surface area contributed by atoms with Crippen molar-refractivity contribution < 1.29 is 9.53 Å². The fraction of sp³-hybridized carbons (Fsp3) is 0.565. The SMILES string of the molecule is CCn1c(N2CCOCC2)c(/C=C2\SC(=S)N(C3CCCCC3)C2=O)c(C)c(C#N)c1=O. The summed E-state index contributed by atoms with van der Waals surface area (Å²) < 4.78 is 7.75. The number of ether oxygens (including phenoxy) is 1. The highest BCUT2D eigenvalue weighted by atomic mass is 32.2. The van der Waals surface area contributed by atoms with Gasteiger partial charge in [-0.05, 0) is 38.3 Å². The number of amides is 1. The monoisotopic (exact) mass is 472 g/mol. The van der Waals surface area contributed by atoms with Gasteiger partial charge in [0.15, 0.2) is 0 Å².